The van der Waals surface area contributed by atoms with Gasteiger partial charge in [-0.15, -0.1) is 0 Å². The third-order valence-corrected chi connectivity index (χ3v) is 7.40. The van der Waals surface area contributed by atoms with Crippen LogP contribution in [0.3, 0.4) is 0 Å². The maximum atomic E-state index is 13.6. The van der Waals surface area contributed by atoms with Crippen molar-refractivity contribution in [2.75, 3.05) is 19.7 Å². The fourth-order valence-corrected chi connectivity index (χ4v) is 5.78. The zero-order valence-corrected chi connectivity index (χ0v) is 18.9. The molecule has 0 radical (unpaired) electrons. The lowest BCUT2D eigenvalue weighted by atomic mass is 9.62. The van der Waals surface area contributed by atoms with Crippen LogP contribution in [-0.4, -0.2) is 70.7 Å². The number of nitrogens with zero attached hydrogens (tertiary/aromatic N) is 1. The fraction of sp³-hybridized carbons (Fsp3) is 0.864. The Morgan fingerprint density at radius 2 is 1.90 bits per heavy atom. The monoisotopic (exact) mass is 423 g/mol. The molecule has 3 N–H and O–H groups in total. The van der Waals surface area contributed by atoms with Gasteiger partial charge in [0, 0.05) is 13.1 Å². The standard InChI is InChI=1S/C22H37N3O5/c1-6-8-10-24-19(28)17-22-11-13(3)21(5,30-22)15(18(27)23-9-7-2)16(22)20(29)25(17)14(4)12-26/h13-17,26H,6-12H2,1-5H3,(H,23,27)(H,24,28)/t13?,14-,15+,16+,17?,21-,22?/m1/s1. The highest BCUT2D eigenvalue weighted by Crippen LogP contribution is 2.65. The lowest BCUT2D eigenvalue weighted by molar-refractivity contribution is -0.150. The van der Waals surface area contributed by atoms with Gasteiger partial charge in [0.1, 0.15) is 11.6 Å². The summed E-state index contributed by atoms with van der Waals surface area (Å²) in [6.07, 6.45) is 3.12. The molecule has 7 atom stereocenters. The third-order valence-electron chi connectivity index (χ3n) is 7.40. The van der Waals surface area contributed by atoms with Crippen LogP contribution in [-0.2, 0) is 19.1 Å². The third kappa shape index (κ3) is 3.23. The van der Waals surface area contributed by atoms with E-state index in [0.29, 0.717) is 19.5 Å². The molecule has 3 unspecified atom stereocenters. The van der Waals surface area contributed by atoms with Crippen molar-refractivity contribution in [1.82, 2.24) is 15.5 Å². The Hall–Kier alpha value is -1.67. The first kappa shape index (κ1) is 23.0. The lowest BCUT2D eigenvalue weighted by Gasteiger charge is -2.36. The molecule has 3 aliphatic heterocycles. The summed E-state index contributed by atoms with van der Waals surface area (Å²) in [6, 6.07) is -1.38. The predicted octanol–water partition coefficient (Wildman–Crippen LogP) is 0.820. The van der Waals surface area contributed by atoms with E-state index >= 15 is 0 Å². The smallest absolute Gasteiger partial charge is 0.245 e. The molecule has 3 heterocycles. The number of carbonyl (C=O) groups is 3. The molecule has 2 bridgehead atoms. The number of rotatable bonds is 9. The largest absolute Gasteiger partial charge is 0.394 e. The number of hydrogen-bond acceptors (Lipinski definition) is 5. The van der Waals surface area contributed by atoms with Crippen LogP contribution in [0.15, 0.2) is 0 Å². The normalized spacial score (nSPS) is 37.9. The quantitative estimate of drug-likeness (QED) is 0.476. The van der Waals surface area contributed by atoms with E-state index in [2.05, 4.69) is 10.6 Å². The molecule has 3 saturated heterocycles. The maximum absolute atomic E-state index is 13.6. The highest BCUT2D eigenvalue weighted by molar-refractivity contribution is 5.99. The van der Waals surface area contributed by atoms with Crippen LogP contribution in [0, 0.1) is 17.8 Å². The zero-order valence-electron chi connectivity index (χ0n) is 18.9. The molecule has 0 saturated carbocycles. The van der Waals surface area contributed by atoms with Gasteiger partial charge in [-0.2, -0.15) is 0 Å². The average Bonchev–Trinajstić information content (AvgIpc) is 3.22. The highest BCUT2D eigenvalue weighted by atomic mass is 16.5. The van der Waals surface area contributed by atoms with Gasteiger partial charge >= 0.3 is 0 Å². The highest BCUT2D eigenvalue weighted by Gasteiger charge is 2.80. The van der Waals surface area contributed by atoms with Crippen LogP contribution in [0.25, 0.3) is 0 Å². The van der Waals surface area contributed by atoms with Crippen molar-refractivity contribution in [2.24, 2.45) is 17.8 Å². The Bertz CT molecular complexity index is 700. The van der Waals surface area contributed by atoms with Gasteiger partial charge in [-0.25, -0.2) is 0 Å². The van der Waals surface area contributed by atoms with Crippen molar-refractivity contribution >= 4 is 17.7 Å². The van der Waals surface area contributed by atoms with Gasteiger partial charge in [-0.3, -0.25) is 14.4 Å². The van der Waals surface area contributed by atoms with E-state index < -0.39 is 35.1 Å². The minimum Gasteiger partial charge on any atom is -0.394 e. The number of unbranched alkanes of at least 4 members (excludes halogenated alkanes) is 1. The number of aliphatic hydroxyl groups is 1. The minimum absolute atomic E-state index is 0.0225. The van der Waals surface area contributed by atoms with Gasteiger partial charge in [-0.05, 0) is 39.0 Å². The SMILES string of the molecule is CCCCNC(=O)C1N([C@H](C)CO)C(=O)[C@@H]2[C@@H](C(=O)NCCC)[C@]3(C)OC12CC3C. The molecule has 0 aliphatic carbocycles. The molecule has 30 heavy (non-hydrogen) atoms. The molecule has 3 amide bonds. The summed E-state index contributed by atoms with van der Waals surface area (Å²) in [5, 5.41) is 15.7. The van der Waals surface area contributed by atoms with Gasteiger partial charge in [0.05, 0.1) is 30.1 Å². The van der Waals surface area contributed by atoms with Crippen molar-refractivity contribution < 1.29 is 24.2 Å². The number of aliphatic hydroxyl groups excluding tert-OH is 1. The Balaban J connectivity index is 2.03. The van der Waals surface area contributed by atoms with Crippen LogP contribution >= 0.6 is 0 Å². The molecule has 170 valence electrons. The van der Waals surface area contributed by atoms with E-state index in [-0.39, 0.29) is 30.2 Å². The van der Waals surface area contributed by atoms with Crippen molar-refractivity contribution in [3.05, 3.63) is 0 Å². The molecule has 0 aromatic heterocycles. The first-order valence-corrected chi connectivity index (χ1v) is 11.4. The van der Waals surface area contributed by atoms with Crippen molar-refractivity contribution in [1.29, 1.82) is 0 Å². The van der Waals surface area contributed by atoms with E-state index in [0.717, 1.165) is 19.3 Å². The molecule has 0 aromatic carbocycles. The van der Waals surface area contributed by atoms with E-state index in [4.69, 9.17) is 4.74 Å². The second-order valence-electron chi connectivity index (χ2n) is 9.42. The number of likely N-dealkylation sites (tertiary alicyclic amines) is 1. The summed E-state index contributed by atoms with van der Waals surface area (Å²) in [4.78, 5) is 41.6. The maximum Gasteiger partial charge on any atom is 0.245 e. The van der Waals surface area contributed by atoms with E-state index in [9.17, 15) is 19.5 Å². The Morgan fingerprint density at radius 3 is 2.50 bits per heavy atom. The van der Waals surface area contributed by atoms with E-state index in [1.807, 2.05) is 27.7 Å². The number of fused-ring (bicyclic) bond motifs is 1. The topological polar surface area (TPSA) is 108 Å². The summed E-state index contributed by atoms with van der Waals surface area (Å²) < 4.78 is 6.57. The molecule has 3 fully saturated rings. The zero-order chi connectivity index (χ0) is 22.3. The van der Waals surface area contributed by atoms with Gasteiger partial charge in [-0.1, -0.05) is 27.2 Å². The predicted molar refractivity (Wildman–Crippen MR) is 111 cm³/mol. The Morgan fingerprint density at radius 1 is 1.23 bits per heavy atom. The van der Waals surface area contributed by atoms with E-state index in [1.165, 1.54) is 4.90 Å². The van der Waals surface area contributed by atoms with Crippen LogP contribution < -0.4 is 10.6 Å². The van der Waals surface area contributed by atoms with Gasteiger partial charge in [0.2, 0.25) is 17.7 Å². The number of amides is 3. The van der Waals surface area contributed by atoms with E-state index in [1.54, 1.807) is 6.92 Å². The molecule has 0 aromatic rings. The first-order chi connectivity index (χ1) is 14.2. The van der Waals surface area contributed by atoms with Crippen LogP contribution in [0.4, 0.5) is 0 Å². The molecular weight excluding hydrogens is 386 g/mol. The van der Waals surface area contributed by atoms with Gasteiger partial charge in [0.25, 0.3) is 0 Å². The molecule has 8 heteroatoms. The number of nitrogens with one attached hydrogen (secondary N) is 2. The summed E-state index contributed by atoms with van der Waals surface area (Å²) in [5.41, 5.74) is -1.84. The molecule has 3 aliphatic rings. The van der Waals surface area contributed by atoms with Crippen molar-refractivity contribution in [2.45, 2.75) is 83.6 Å². The number of ether oxygens (including phenoxy) is 1. The summed E-state index contributed by atoms with van der Waals surface area (Å²) in [7, 11) is 0. The molecular formula is C22H37N3O5. The van der Waals surface area contributed by atoms with Crippen molar-refractivity contribution in [3.8, 4) is 0 Å². The second kappa shape index (κ2) is 8.46. The summed E-state index contributed by atoms with van der Waals surface area (Å²) in [5.74, 6) is -2.05. The molecule has 1 spiro atoms. The van der Waals surface area contributed by atoms with Gasteiger partial charge < -0.3 is 25.4 Å². The number of carbonyl (C=O) groups excluding carboxylic acids is 3. The van der Waals surface area contributed by atoms with Crippen LogP contribution in [0.5, 0.6) is 0 Å². The van der Waals surface area contributed by atoms with Crippen molar-refractivity contribution in [3.63, 3.8) is 0 Å². The fourth-order valence-electron chi connectivity index (χ4n) is 5.78. The average molecular weight is 424 g/mol. The number of hydrogen-bond donors (Lipinski definition) is 3. The lowest BCUT2D eigenvalue weighted by Crippen LogP contribution is -2.57. The summed E-state index contributed by atoms with van der Waals surface area (Å²) in [6.45, 7) is 10.5. The second-order valence-corrected chi connectivity index (χ2v) is 9.42. The van der Waals surface area contributed by atoms with Crippen LogP contribution in [0.1, 0.15) is 60.3 Å². The Labute approximate surface area is 179 Å². The van der Waals surface area contributed by atoms with Gasteiger partial charge in [0.15, 0.2) is 0 Å². The Kier molecular flexibility index (Phi) is 6.49. The minimum atomic E-state index is -1.04. The first-order valence-electron chi connectivity index (χ1n) is 11.4. The summed E-state index contributed by atoms with van der Waals surface area (Å²) >= 11 is 0. The van der Waals surface area contributed by atoms with Crippen LogP contribution in [0.2, 0.25) is 0 Å². The molecule has 8 nitrogen and oxygen atoms in total. The molecule has 3 rings (SSSR count).